The third-order valence-electron chi connectivity index (χ3n) is 4.05. The van der Waals surface area contributed by atoms with Crippen LogP contribution in [0.5, 0.6) is 11.5 Å². The van der Waals surface area contributed by atoms with Crippen LogP contribution in [-0.4, -0.2) is 38.5 Å². The summed E-state index contributed by atoms with van der Waals surface area (Å²) >= 11 is 0. The van der Waals surface area contributed by atoms with Gasteiger partial charge in [0.2, 0.25) is 0 Å². The van der Waals surface area contributed by atoms with Gasteiger partial charge in [0.1, 0.15) is 0 Å². The Labute approximate surface area is 114 Å². The van der Waals surface area contributed by atoms with E-state index in [0.717, 1.165) is 30.2 Å². The molecule has 0 spiro atoms. The number of hydrogen-bond donors (Lipinski definition) is 1. The maximum absolute atomic E-state index is 10.2. The fraction of sp³-hybridized carbons (Fsp3) is 0.600. The Morgan fingerprint density at radius 3 is 2.47 bits per heavy atom. The van der Waals surface area contributed by atoms with Gasteiger partial charge in [-0.1, -0.05) is 13.8 Å². The van der Waals surface area contributed by atoms with Gasteiger partial charge in [-0.15, -0.1) is 0 Å². The van der Waals surface area contributed by atoms with E-state index >= 15 is 0 Å². The lowest BCUT2D eigenvalue weighted by Gasteiger charge is -2.42. The maximum atomic E-state index is 10.2. The van der Waals surface area contributed by atoms with E-state index < -0.39 is 0 Å². The van der Waals surface area contributed by atoms with Gasteiger partial charge in [0.25, 0.3) is 0 Å². The molecule has 0 aliphatic carbocycles. The Hall–Kier alpha value is -1.42. The topological polar surface area (TPSA) is 41.9 Å². The van der Waals surface area contributed by atoms with Crippen LogP contribution in [0.4, 0.5) is 5.69 Å². The van der Waals surface area contributed by atoms with Crippen LogP contribution in [0, 0.1) is 5.41 Å². The highest BCUT2D eigenvalue weighted by Crippen LogP contribution is 2.36. The number of nitrogens with zero attached hydrogens (tertiary/aromatic N) is 1. The molecule has 106 valence electrons. The Morgan fingerprint density at radius 2 is 1.89 bits per heavy atom. The molecule has 1 aliphatic rings. The zero-order valence-corrected chi connectivity index (χ0v) is 12.1. The summed E-state index contributed by atoms with van der Waals surface area (Å²) in [4.78, 5) is 2.19. The standard InChI is InChI=1S/C15H23NO3/c1-15(2)7-8-16(10-14(15)17)11-5-6-12(18-3)13(9-11)19-4/h5-6,9,14,17H,7-8,10H2,1-4H3. The van der Waals surface area contributed by atoms with E-state index in [2.05, 4.69) is 18.7 Å². The predicted octanol–water partition coefficient (Wildman–Crippen LogP) is 2.30. The van der Waals surface area contributed by atoms with Gasteiger partial charge < -0.3 is 19.5 Å². The van der Waals surface area contributed by atoms with Gasteiger partial charge in [-0.2, -0.15) is 0 Å². The van der Waals surface area contributed by atoms with Crippen molar-refractivity contribution < 1.29 is 14.6 Å². The van der Waals surface area contributed by atoms with Gasteiger partial charge in [-0.25, -0.2) is 0 Å². The third kappa shape index (κ3) is 2.78. The van der Waals surface area contributed by atoms with E-state index in [1.807, 2.05) is 18.2 Å². The molecule has 1 saturated heterocycles. The SMILES string of the molecule is COc1ccc(N2CCC(C)(C)C(O)C2)cc1OC. The molecule has 0 amide bonds. The van der Waals surface area contributed by atoms with Crippen molar-refractivity contribution >= 4 is 5.69 Å². The second kappa shape index (κ2) is 5.29. The number of ether oxygens (including phenoxy) is 2. The first-order valence-corrected chi connectivity index (χ1v) is 6.63. The lowest BCUT2D eigenvalue weighted by Crippen LogP contribution is -2.48. The van der Waals surface area contributed by atoms with E-state index in [1.165, 1.54) is 0 Å². The maximum Gasteiger partial charge on any atom is 0.162 e. The highest BCUT2D eigenvalue weighted by Gasteiger charge is 2.34. The molecule has 4 heteroatoms. The minimum atomic E-state index is -0.311. The molecule has 19 heavy (non-hydrogen) atoms. The molecule has 1 aliphatic heterocycles. The number of piperidine rings is 1. The number of aliphatic hydroxyl groups excluding tert-OH is 1. The zero-order chi connectivity index (χ0) is 14.0. The molecule has 2 rings (SSSR count). The number of methoxy groups -OCH3 is 2. The molecule has 1 aromatic rings. The summed E-state index contributed by atoms with van der Waals surface area (Å²) in [5.74, 6) is 1.45. The summed E-state index contributed by atoms with van der Waals surface area (Å²) in [6.45, 7) is 5.83. The fourth-order valence-corrected chi connectivity index (χ4v) is 2.39. The minimum Gasteiger partial charge on any atom is -0.493 e. The van der Waals surface area contributed by atoms with E-state index in [9.17, 15) is 5.11 Å². The van der Waals surface area contributed by atoms with Crippen molar-refractivity contribution in [2.24, 2.45) is 5.41 Å². The molecule has 0 radical (unpaired) electrons. The Bertz CT molecular complexity index is 445. The fourth-order valence-electron chi connectivity index (χ4n) is 2.39. The van der Waals surface area contributed by atoms with E-state index in [-0.39, 0.29) is 11.5 Å². The molecule has 1 aromatic carbocycles. The quantitative estimate of drug-likeness (QED) is 0.910. The van der Waals surface area contributed by atoms with Crippen molar-refractivity contribution in [2.45, 2.75) is 26.4 Å². The molecule has 1 heterocycles. The summed E-state index contributed by atoms with van der Waals surface area (Å²) in [5, 5.41) is 10.2. The van der Waals surface area contributed by atoms with Crippen molar-refractivity contribution in [3.8, 4) is 11.5 Å². The van der Waals surface area contributed by atoms with Gasteiger partial charge in [0.05, 0.1) is 20.3 Å². The number of hydrogen-bond acceptors (Lipinski definition) is 4. The van der Waals surface area contributed by atoms with Crippen LogP contribution >= 0.6 is 0 Å². The van der Waals surface area contributed by atoms with Crippen LogP contribution in [0.1, 0.15) is 20.3 Å². The smallest absolute Gasteiger partial charge is 0.162 e. The summed E-state index contributed by atoms with van der Waals surface area (Å²) in [6.07, 6.45) is 0.664. The van der Waals surface area contributed by atoms with Crippen molar-refractivity contribution in [3.05, 3.63) is 18.2 Å². The van der Waals surface area contributed by atoms with Crippen molar-refractivity contribution in [3.63, 3.8) is 0 Å². The second-order valence-electron chi connectivity index (χ2n) is 5.74. The average Bonchev–Trinajstić information content (AvgIpc) is 2.41. The monoisotopic (exact) mass is 265 g/mol. The highest BCUT2D eigenvalue weighted by atomic mass is 16.5. The van der Waals surface area contributed by atoms with Crippen LogP contribution < -0.4 is 14.4 Å². The average molecular weight is 265 g/mol. The minimum absolute atomic E-state index is 0.00689. The molecular formula is C15H23NO3. The summed E-state index contributed by atoms with van der Waals surface area (Å²) in [5.41, 5.74) is 1.06. The zero-order valence-electron chi connectivity index (χ0n) is 12.1. The molecule has 1 atom stereocenters. The Balaban J connectivity index is 2.19. The Kier molecular flexibility index (Phi) is 3.90. The van der Waals surface area contributed by atoms with Crippen LogP contribution in [0.2, 0.25) is 0 Å². The summed E-state index contributed by atoms with van der Waals surface area (Å²) < 4.78 is 10.6. The number of β-amino-alcohol motifs (C(OH)–C–C–N with tert-alkyl or cyclic N) is 1. The van der Waals surface area contributed by atoms with Crippen LogP contribution in [0.15, 0.2) is 18.2 Å². The van der Waals surface area contributed by atoms with Crippen molar-refractivity contribution in [2.75, 3.05) is 32.2 Å². The van der Waals surface area contributed by atoms with Gasteiger partial charge >= 0.3 is 0 Å². The largest absolute Gasteiger partial charge is 0.493 e. The molecule has 1 unspecified atom stereocenters. The van der Waals surface area contributed by atoms with Crippen molar-refractivity contribution in [1.29, 1.82) is 0 Å². The predicted molar refractivity (Wildman–Crippen MR) is 76.2 cm³/mol. The highest BCUT2D eigenvalue weighted by molar-refractivity contribution is 5.56. The number of aliphatic hydroxyl groups is 1. The Morgan fingerprint density at radius 1 is 1.21 bits per heavy atom. The van der Waals surface area contributed by atoms with E-state index in [1.54, 1.807) is 14.2 Å². The van der Waals surface area contributed by atoms with Crippen LogP contribution in [-0.2, 0) is 0 Å². The van der Waals surface area contributed by atoms with Crippen LogP contribution in [0.25, 0.3) is 0 Å². The summed E-state index contributed by atoms with van der Waals surface area (Å²) in [7, 11) is 3.26. The first-order chi connectivity index (χ1) is 8.97. The lowest BCUT2D eigenvalue weighted by molar-refractivity contribution is 0.0351. The number of rotatable bonds is 3. The first-order valence-electron chi connectivity index (χ1n) is 6.63. The third-order valence-corrected chi connectivity index (χ3v) is 4.05. The van der Waals surface area contributed by atoms with Crippen LogP contribution in [0.3, 0.4) is 0 Å². The second-order valence-corrected chi connectivity index (χ2v) is 5.74. The molecule has 1 N–H and O–H groups in total. The molecule has 0 aromatic heterocycles. The molecule has 0 bridgehead atoms. The number of anilines is 1. The van der Waals surface area contributed by atoms with Gasteiger partial charge in [0.15, 0.2) is 11.5 Å². The lowest BCUT2D eigenvalue weighted by atomic mass is 9.80. The van der Waals surface area contributed by atoms with E-state index in [0.29, 0.717) is 6.54 Å². The first kappa shape index (κ1) is 14.0. The normalized spacial score (nSPS) is 22.2. The number of benzene rings is 1. The van der Waals surface area contributed by atoms with Gasteiger partial charge in [-0.3, -0.25) is 0 Å². The van der Waals surface area contributed by atoms with Crippen molar-refractivity contribution in [1.82, 2.24) is 0 Å². The summed E-state index contributed by atoms with van der Waals surface area (Å²) in [6, 6.07) is 5.87. The van der Waals surface area contributed by atoms with Gasteiger partial charge in [0, 0.05) is 24.8 Å². The van der Waals surface area contributed by atoms with E-state index in [4.69, 9.17) is 9.47 Å². The molecule has 1 fully saturated rings. The van der Waals surface area contributed by atoms with Gasteiger partial charge in [-0.05, 0) is 24.0 Å². The molecule has 4 nitrogen and oxygen atoms in total. The molecule has 0 saturated carbocycles. The molecular weight excluding hydrogens is 242 g/mol.